The fourth-order valence-electron chi connectivity index (χ4n) is 2.77. The average Bonchev–Trinajstić information content (AvgIpc) is 3.19. The zero-order chi connectivity index (χ0) is 20.3. The van der Waals surface area contributed by atoms with Crippen LogP contribution in [0.15, 0.2) is 53.9 Å². The van der Waals surface area contributed by atoms with Crippen molar-refractivity contribution in [2.24, 2.45) is 0 Å². The second-order valence-corrected chi connectivity index (χ2v) is 7.71. The number of aromatic nitrogens is 1. The minimum absolute atomic E-state index is 0.132. The summed E-state index contributed by atoms with van der Waals surface area (Å²) in [5, 5.41) is 17.7. The van der Waals surface area contributed by atoms with Crippen molar-refractivity contribution in [3.8, 4) is 0 Å². The summed E-state index contributed by atoms with van der Waals surface area (Å²) in [4.78, 5) is 28.3. The molecule has 1 aromatic heterocycles. The van der Waals surface area contributed by atoms with Gasteiger partial charge >= 0.3 is 0 Å². The predicted molar refractivity (Wildman–Crippen MR) is 111 cm³/mol. The molecule has 0 aliphatic rings. The minimum atomic E-state index is -0.475. The number of rotatable bonds is 7. The summed E-state index contributed by atoms with van der Waals surface area (Å²) < 4.78 is 0. The van der Waals surface area contributed by atoms with Gasteiger partial charge in [0.05, 0.1) is 21.7 Å². The van der Waals surface area contributed by atoms with Crippen LogP contribution in [0, 0.1) is 10.1 Å². The van der Waals surface area contributed by atoms with Crippen molar-refractivity contribution in [3.63, 3.8) is 0 Å². The van der Waals surface area contributed by atoms with Crippen LogP contribution in [-0.4, -0.2) is 15.7 Å². The molecule has 7 heteroatoms. The van der Waals surface area contributed by atoms with Crippen LogP contribution < -0.4 is 5.32 Å². The second kappa shape index (κ2) is 8.31. The van der Waals surface area contributed by atoms with E-state index in [1.165, 1.54) is 6.07 Å². The van der Waals surface area contributed by atoms with Gasteiger partial charge in [-0.1, -0.05) is 44.2 Å². The summed E-state index contributed by atoms with van der Waals surface area (Å²) in [6.07, 6.45) is 0. The molecule has 0 saturated heterocycles. The normalized spacial score (nSPS) is 12.0. The van der Waals surface area contributed by atoms with E-state index >= 15 is 0 Å². The van der Waals surface area contributed by atoms with E-state index in [1.54, 1.807) is 47.7 Å². The highest BCUT2D eigenvalue weighted by Gasteiger charge is 2.21. The van der Waals surface area contributed by atoms with Crippen LogP contribution in [-0.2, 0) is 0 Å². The quantitative estimate of drug-likeness (QED) is 0.321. The summed E-state index contributed by atoms with van der Waals surface area (Å²) in [5.74, 6) is 0.0907. The fourth-order valence-corrected chi connectivity index (χ4v) is 3.70. The van der Waals surface area contributed by atoms with Gasteiger partial charge < -0.3 is 5.32 Å². The smallest absolute Gasteiger partial charge is 0.293 e. The molecule has 28 heavy (non-hydrogen) atoms. The third-order valence-electron chi connectivity index (χ3n) is 4.34. The second-order valence-electron chi connectivity index (χ2n) is 6.82. The van der Waals surface area contributed by atoms with E-state index in [1.807, 2.05) is 18.4 Å². The molecule has 1 atom stereocenters. The number of benzene rings is 2. The van der Waals surface area contributed by atoms with Crippen molar-refractivity contribution in [3.05, 3.63) is 85.9 Å². The summed E-state index contributed by atoms with van der Waals surface area (Å²) in [7, 11) is 0. The Bertz CT molecular complexity index is 999. The molecular weight excluding hydrogens is 374 g/mol. The molecule has 1 N–H and O–H groups in total. The first kappa shape index (κ1) is 19.7. The van der Waals surface area contributed by atoms with E-state index in [-0.39, 0.29) is 23.1 Å². The summed E-state index contributed by atoms with van der Waals surface area (Å²) in [6, 6.07) is 13.0. The highest BCUT2D eigenvalue weighted by molar-refractivity contribution is 7.09. The van der Waals surface area contributed by atoms with Crippen molar-refractivity contribution in [1.82, 2.24) is 4.98 Å². The van der Waals surface area contributed by atoms with Crippen LogP contribution in [0.25, 0.3) is 0 Å². The summed E-state index contributed by atoms with van der Waals surface area (Å²) in [6.45, 7) is 6.06. The number of nitrogens with one attached hydrogen (secondary N) is 1. The number of hydrogen-bond acceptors (Lipinski definition) is 6. The Morgan fingerprint density at radius 1 is 1.11 bits per heavy atom. The Labute approximate surface area is 167 Å². The zero-order valence-corrected chi connectivity index (χ0v) is 16.7. The van der Waals surface area contributed by atoms with Gasteiger partial charge in [-0.15, -0.1) is 11.3 Å². The van der Waals surface area contributed by atoms with Crippen LogP contribution in [0.4, 0.5) is 11.4 Å². The molecule has 1 heterocycles. The van der Waals surface area contributed by atoms with Crippen molar-refractivity contribution in [2.45, 2.75) is 32.7 Å². The first-order chi connectivity index (χ1) is 13.4. The number of thiazole rings is 1. The molecule has 0 fully saturated rings. The van der Waals surface area contributed by atoms with Crippen molar-refractivity contribution in [1.29, 1.82) is 0 Å². The van der Waals surface area contributed by atoms with Crippen LogP contribution in [0.2, 0.25) is 0 Å². The first-order valence-electron chi connectivity index (χ1n) is 8.97. The van der Waals surface area contributed by atoms with E-state index in [9.17, 15) is 14.9 Å². The number of carbonyl (C=O) groups is 1. The fraction of sp³-hybridized carbons (Fsp3) is 0.238. The van der Waals surface area contributed by atoms with Crippen molar-refractivity contribution < 1.29 is 9.72 Å². The number of anilines is 1. The number of nitro benzene ring substituents is 1. The molecule has 0 bridgehead atoms. The van der Waals surface area contributed by atoms with Gasteiger partial charge in [-0.25, -0.2) is 4.98 Å². The molecule has 6 nitrogen and oxygen atoms in total. The van der Waals surface area contributed by atoms with Crippen LogP contribution in [0.5, 0.6) is 0 Å². The third-order valence-corrected chi connectivity index (χ3v) is 5.51. The van der Waals surface area contributed by atoms with Crippen LogP contribution in [0.3, 0.4) is 0 Å². The molecule has 1 unspecified atom stereocenters. The lowest BCUT2D eigenvalue weighted by atomic mass is 10.0. The monoisotopic (exact) mass is 395 g/mol. The lowest BCUT2D eigenvalue weighted by Gasteiger charge is -2.14. The molecule has 3 aromatic rings. The molecule has 0 radical (unpaired) electrons. The maximum Gasteiger partial charge on any atom is 0.293 e. The molecular formula is C21H21N3O3S. The zero-order valence-electron chi connectivity index (χ0n) is 15.9. The Morgan fingerprint density at radius 3 is 2.43 bits per heavy atom. The van der Waals surface area contributed by atoms with Crippen molar-refractivity contribution >= 4 is 28.5 Å². The van der Waals surface area contributed by atoms with Gasteiger partial charge in [-0.2, -0.15) is 0 Å². The maximum atomic E-state index is 12.6. The molecule has 0 amide bonds. The Kier molecular flexibility index (Phi) is 5.84. The molecule has 0 aliphatic heterocycles. The molecule has 144 valence electrons. The van der Waals surface area contributed by atoms with E-state index in [4.69, 9.17) is 0 Å². The SMILES string of the molecule is CC(C)c1nc(C(C)Nc2ccc(C(=O)c3ccccc3)cc2[N+](=O)[O-])cs1. The highest BCUT2D eigenvalue weighted by Crippen LogP contribution is 2.31. The maximum absolute atomic E-state index is 12.6. The number of carbonyl (C=O) groups excluding carboxylic acids is 1. The van der Waals surface area contributed by atoms with Gasteiger partial charge in [0.2, 0.25) is 0 Å². The molecule has 0 spiro atoms. The Balaban J connectivity index is 1.87. The standard InChI is InChI=1S/C21H21N3O3S/c1-13(2)21-23-18(12-28-21)14(3)22-17-10-9-16(11-19(17)24(26)27)20(25)15-7-5-4-6-8-15/h4-14,22H,1-3H3. The largest absolute Gasteiger partial charge is 0.371 e. The van der Waals surface area contributed by atoms with Gasteiger partial charge in [0.1, 0.15) is 5.69 Å². The highest BCUT2D eigenvalue weighted by atomic mass is 32.1. The van der Waals surface area contributed by atoms with E-state index in [2.05, 4.69) is 24.1 Å². The van der Waals surface area contributed by atoms with Crippen molar-refractivity contribution in [2.75, 3.05) is 5.32 Å². The number of hydrogen-bond donors (Lipinski definition) is 1. The first-order valence-corrected chi connectivity index (χ1v) is 9.85. The Hall–Kier alpha value is -3.06. The lowest BCUT2D eigenvalue weighted by molar-refractivity contribution is -0.384. The van der Waals surface area contributed by atoms with Gasteiger partial charge in [0.15, 0.2) is 5.78 Å². The molecule has 0 aliphatic carbocycles. The third kappa shape index (κ3) is 4.26. The number of ketones is 1. The predicted octanol–water partition coefficient (Wildman–Crippen LogP) is 5.58. The van der Waals surface area contributed by atoms with Gasteiger partial charge in [0.25, 0.3) is 5.69 Å². The topological polar surface area (TPSA) is 85.1 Å². The molecule has 3 rings (SSSR count). The van der Waals surface area contributed by atoms with Gasteiger partial charge in [-0.3, -0.25) is 14.9 Å². The molecule has 2 aromatic carbocycles. The summed E-state index contributed by atoms with van der Waals surface area (Å²) >= 11 is 1.58. The van der Waals surface area contributed by atoms with Crippen LogP contribution >= 0.6 is 11.3 Å². The van der Waals surface area contributed by atoms with E-state index < -0.39 is 4.92 Å². The van der Waals surface area contributed by atoms with E-state index in [0.717, 1.165) is 10.7 Å². The van der Waals surface area contributed by atoms with E-state index in [0.29, 0.717) is 17.2 Å². The minimum Gasteiger partial charge on any atom is -0.371 e. The number of nitro groups is 1. The number of nitrogens with zero attached hydrogens (tertiary/aromatic N) is 2. The van der Waals surface area contributed by atoms with Crippen LogP contribution in [0.1, 0.15) is 59.4 Å². The van der Waals surface area contributed by atoms with Gasteiger partial charge in [-0.05, 0) is 19.1 Å². The average molecular weight is 395 g/mol. The lowest BCUT2D eigenvalue weighted by Crippen LogP contribution is -2.10. The molecule has 0 saturated carbocycles. The van der Waals surface area contributed by atoms with Gasteiger partial charge in [0, 0.05) is 28.5 Å². The Morgan fingerprint density at radius 2 is 1.82 bits per heavy atom. The summed E-state index contributed by atoms with van der Waals surface area (Å²) in [5.41, 5.74) is 1.85.